The van der Waals surface area contributed by atoms with Gasteiger partial charge in [-0.3, -0.25) is 0 Å². The van der Waals surface area contributed by atoms with Crippen molar-refractivity contribution < 1.29 is 20.1 Å². The van der Waals surface area contributed by atoms with Crippen molar-refractivity contribution in [2.75, 3.05) is 6.61 Å². The van der Waals surface area contributed by atoms with Crippen molar-refractivity contribution in [2.45, 2.75) is 45.2 Å². The summed E-state index contributed by atoms with van der Waals surface area (Å²) in [6.45, 7) is 5.50. The summed E-state index contributed by atoms with van der Waals surface area (Å²) < 4.78 is 5.53. The zero-order valence-corrected chi connectivity index (χ0v) is 8.92. The molecule has 3 N–H and O–H groups in total. The summed E-state index contributed by atoms with van der Waals surface area (Å²) in [5.41, 5.74) is 0. The molecular weight excluding hydrogens is 184 g/mol. The first-order chi connectivity index (χ1) is 6.49. The van der Waals surface area contributed by atoms with Crippen LogP contribution < -0.4 is 0 Å². The Labute approximate surface area is 84.5 Å². The Morgan fingerprint density at radius 3 is 2.21 bits per heavy atom. The lowest BCUT2D eigenvalue weighted by molar-refractivity contribution is -0.215. The van der Waals surface area contributed by atoms with Gasteiger partial charge < -0.3 is 20.1 Å². The second-order valence-electron chi connectivity index (χ2n) is 4.41. The fraction of sp³-hybridized carbons (Fsp3) is 1.00. The molecule has 1 saturated heterocycles. The third kappa shape index (κ3) is 2.08. The molecule has 1 fully saturated rings. The summed E-state index contributed by atoms with van der Waals surface area (Å²) in [5.74, 6) is -0.105. The van der Waals surface area contributed by atoms with Crippen molar-refractivity contribution in [3.63, 3.8) is 0 Å². The normalized spacial score (nSPS) is 44.4. The summed E-state index contributed by atoms with van der Waals surface area (Å²) in [6.07, 6.45) is -2.43. The molecule has 0 radical (unpaired) electrons. The van der Waals surface area contributed by atoms with E-state index in [1.807, 2.05) is 13.8 Å². The number of hydrogen-bond donors (Lipinski definition) is 3. The second-order valence-corrected chi connectivity index (χ2v) is 4.41. The minimum absolute atomic E-state index is 0.117. The van der Waals surface area contributed by atoms with Gasteiger partial charge >= 0.3 is 0 Å². The highest BCUT2D eigenvalue weighted by Crippen LogP contribution is 2.29. The first-order valence-corrected chi connectivity index (χ1v) is 5.11. The molecule has 1 aliphatic heterocycles. The molecule has 1 rings (SSSR count). The number of ether oxygens (including phenoxy) is 1. The largest absolute Gasteiger partial charge is 0.394 e. The monoisotopic (exact) mass is 204 g/mol. The first kappa shape index (κ1) is 11.9. The van der Waals surface area contributed by atoms with E-state index in [9.17, 15) is 10.2 Å². The molecule has 84 valence electrons. The molecule has 0 aromatic rings. The Bertz CT molecular complexity index is 181. The Kier molecular flexibility index (Phi) is 3.89. The van der Waals surface area contributed by atoms with Crippen LogP contribution in [-0.2, 0) is 4.74 Å². The predicted octanol–water partition coefficient (Wildman–Crippen LogP) is -0.240. The van der Waals surface area contributed by atoms with Crippen LogP contribution in [0.4, 0.5) is 0 Å². The molecule has 1 aliphatic rings. The number of aliphatic hydroxyl groups excluding tert-OH is 3. The minimum atomic E-state index is -0.854. The highest BCUT2D eigenvalue weighted by Gasteiger charge is 2.42. The zero-order chi connectivity index (χ0) is 10.9. The van der Waals surface area contributed by atoms with Crippen molar-refractivity contribution >= 4 is 0 Å². The van der Waals surface area contributed by atoms with Crippen LogP contribution in [0.5, 0.6) is 0 Å². The van der Waals surface area contributed by atoms with Crippen LogP contribution in [0.1, 0.15) is 20.8 Å². The average Bonchev–Trinajstić information content (AvgIpc) is 2.14. The summed E-state index contributed by atoms with van der Waals surface area (Å²) in [7, 11) is 0. The van der Waals surface area contributed by atoms with Crippen LogP contribution in [0.25, 0.3) is 0 Å². The van der Waals surface area contributed by atoms with Gasteiger partial charge in [0.1, 0.15) is 6.10 Å². The topological polar surface area (TPSA) is 69.9 Å². The van der Waals surface area contributed by atoms with Crippen LogP contribution in [0.15, 0.2) is 0 Å². The summed E-state index contributed by atoms with van der Waals surface area (Å²) in [5, 5.41) is 28.5. The molecule has 0 aliphatic carbocycles. The summed E-state index contributed by atoms with van der Waals surface area (Å²) >= 11 is 0. The molecule has 0 saturated carbocycles. The van der Waals surface area contributed by atoms with E-state index in [1.54, 1.807) is 6.92 Å². The fourth-order valence-corrected chi connectivity index (χ4v) is 1.89. The van der Waals surface area contributed by atoms with Gasteiger partial charge in [-0.25, -0.2) is 0 Å². The number of rotatable bonds is 2. The van der Waals surface area contributed by atoms with Crippen LogP contribution in [0, 0.1) is 11.8 Å². The third-order valence-corrected chi connectivity index (χ3v) is 2.98. The third-order valence-electron chi connectivity index (χ3n) is 2.98. The molecule has 0 amide bonds. The van der Waals surface area contributed by atoms with Crippen LogP contribution in [-0.4, -0.2) is 46.3 Å². The van der Waals surface area contributed by atoms with Crippen molar-refractivity contribution in [1.82, 2.24) is 0 Å². The highest BCUT2D eigenvalue weighted by molar-refractivity contribution is 4.90. The first-order valence-electron chi connectivity index (χ1n) is 5.11. The maximum Gasteiger partial charge on any atom is 0.107 e. The Morgan fingerprint density at radius 1 is 1.21 bits per heavy atom. The van der Waals surface area contributed by atoms with E-state index in [0.717, 1.165) is 0 Å². The van der Waals surface area contributed by atoms with Crippen LogP contribution in [0.3, 0.4) is 0 Å². The van der Waals surface area contributed by atoms with Gasteiger partial charge in [0.25, 0.3) is 0 Å². The predicted molar refractivity (Wildman–Crippen MR) is 51.8 cm³/mol. The molecule has 0 unspecified atom stereocenters. The maximum absolute atomic E-state index is 9.73. The SMILES string of the molecule is CC(C)[C@@H]1O[C@H](CO)[C@@H](C)[C@H](O)[C@H]1O. The van der Waals surface area contributed by atoms with Gasteiger partial charge in [-0.1, -0.05) is 20.8 Å². The molecule has 0 aromatic heterocycles. The van der Waals surface area contributed by atoms with Gasteiger partial charge in [0.2, 0.25) is 0 Å². The average molecular weight is 204 g/mol. The van der Waals surface area contributed by atoms with Gasteiger partial charge in [-0.15, -0.1) is 0 Å². The molecule has 0 bridgehead atoms. The fourth-order valence-electron chi connectivity index (χ4n) is 1.89. The lowest BCUT2D eigenvalue weighted by Crippen LogP contribution is -2.56. The number of aliphatic hydroxyl groups is 3. The zero-order valence-electron chi connectivity index (χ0n) is 8.92. The van der Waals surface area contributed by atoms with Gasteiger partial charge in [-0.2, -0.15) is 0 Å². The standard InChI is InChI=1S/C10H20O4/c1-5(2)10-9(13)8(12)6(3)7(4-11)14-10/h5-13H,4H2,1-3H3/t6-,7-,8+,9-,10+/m1/s1. The van der Waals surface area contributed by atoms with E-state index in [1.165, 1.54) is 0 Å². The van der Waals surface area contributed by atoms with Gasteiger partial charge in [0.15, 0.2) is 0 Å². The molecule has 1 heterocycles. The Balaban J connectivity index is 2.73. The lowest BCUT2D eigenvalue weighted by atomic mass is 9.85. The van der Waals surface area contributed by atoms with E-state index in [2.05, 4.69) is 0 Å². The molecule has 5 atom stereocenters. The van der Waals surface area contributed by atoms with E-state index in [4.69, 9.17) is 9.84 Å². The van der Waals surface area contributed by atoms with Gasteiger partial charge in [0, 0.05) is 5.92 Å². The molecule has 14 heavy (non-hydrogen) atoms. The van der Waals surface area contributed by atoms with Crippen molar-refractivity contribution in [3.8, 4) is 0 Å². The minimum Gasteiger partial charge on any atom is -0.394 e. The molecule has 0 aromatic carbocycles. The smallest absolute Gasteiger partial charge is 0.107 e. The van der Waals surface area contributed by atoms with Gasteiger partial charge in [0.05, 0.1) is 24.9 Å². The number of hydrogen-bond acceptors (Lipinski definition) is 4. The van der Waals surface area contributed by atoms with E-state index in [-0.39, 0.29) is 24.5 Å². The lowest BCUT2D eigenvalue weighted by Gasteiger charge is -2.42. The van der Waals surface area contributed by atoms with Crippen molar-refractivity contribution in [3.05, 3.63) is 0 Å². The molecule has 4 nitrogen and oxygen atoms in total. The van der Waals surface area contributed by atoms with E-state index < -0.39 is 18.3 Å². The Hall–Kier alpha value is -0.160. The van der Waals surface area contributed by atoms with E-state index in [0.29, 0.717) is 0 Å². The van der Waals surface area contributed by atoms with Crippen LogP contribution >= 0.6 is 0 Å². The highest BCUT2D eigenvalue weighted by atomic mass is 16.5. The van der Waals surface area contributed by atoms with Gasteiger partial charge in [-0.05, 0) is 5.92 Å². The quantitative estimate of drug-likeness (QED) is 0.580. The van der Waals surface area contributed by atoms with Crippen molar-refractivity contribution in [1.29, 1.82) is 0 Å². The Morgan fingerprint density at radius 2 is 1.79 bits per heavy atom. The van der Waals surface area contributed by atoms with Crippen LogP contribution in [0.2, 0.25) is 0 Å². The molecular formula is C10H20O4. The van der Waals surface area contributed by atoms with Crippen molar-refractivity contribution in [2.24, 2.45) is 11.8 Å². The summed E-state index contributed by atoms with van der Waals surface area (Å²) in [6, 6.07) is 0. The molecule has 0 spiro atoms. The maximum atomic E-state index is 9.73. The second kappa shape index (κ2) is 4.57. The van der Waals surface area contributed by atoms with E-state index >= 15 is 0 Å². The summed E-state index contributed by atoms with van der Waals surface area (Å²) in [4.78, 5) is 0. The molecule has 4 heteroatoms.